The van der Waals surface area contributed by atoms with Gasteiger partial charge in [-0.3, -0.25) is 4.79 Å². The highest BCUT2D eigenvalue weighted by Crippen LogP contribution is 2.37. The first-order valence-electron chi connectivity index (χ1n) is 5.95. The van der Waals surface area contributed by atoms with Gasteiger partial charge < -0.3 is 9.47 Å². The molecular weight excluding hydrogens is 335 g/mol. The van der Waals surface area contributed by atoms with Crippen LogP contribution in [-0.4, -0.2) is 13.4 Å². The quantitative estimate of drug-likeness (QED) is 0.712. The Hall–Kier alpha value is -1.42. The van der Waals surface area contributed by atoms with E-state index < -0.39 is 0 Å². The molecule has 0 unspecified atom stereocenters. The van der Waals surface area contributed by atoms with Crippen molar-refractivity contribution in [3.8, 4) is 11.5 Å². The largest absolute Gasteiger partial charge is 0.493 e. The average molecular weight is 346 g/mol. The standard InChI is InChI=1S/C15H11Cl3O3/c1-20-13-6-9(7-19)5-12(17)15(13)21-8-10-3-2-4-11(16)14(10)18/h2-7H,8H2,1H3. The van der Waals surface area contributed by atoms with Crippen LogP contribution < -0.4 is 9.47 Å². The van der Waals surface area contributed by atoms with Crippen LogP contribution in [0.15, 0.2) is 30.3 Å². The van der Waals surface area contributed by atoms with Crippen molar-refractivity contribution < 1.29 is 14.3 Å². The molecule has 6 heteroatoms. The van der Waals surface area contributed by atoms with Gasteiger partial charge in [-0.1, -0.05) is 46.9 Å². The minimum Gasteiger partial charge on any atom is -0.493 e. The van der Waals surface area contributed by atoms with E-state index in [2.05, 4.69) is 0 Å². The van der Waals surface area contributed by atoms with E-state index in [-0.39, 0.29) is 11.6 Å². The minimum absolute atomic E-state index is 0.176. The maximum atomic E-state index is 10.8. The molecule has 0 amide bonds. The number of carbonyl (C=O) groups excluding carboxylic acids is 1. The zero-order valence-electron chi connectivity index (χ0n) is 11.0. The fourth-order valence-electron chi connectivity index (χ4n) is 1.76. The summed E-state index contributed by atoms with van der Waals surface area (Å²) in [6.07, 6.45) is 0.687. The number of methoxy groups -OCH3 is 1. The van der Waals surface area contributed by atoms with Crippen LogP contribution in [0.25, 0.3) is 0 Å². The first-order chi connectivity index (χ1) is 10.1. The number of halogens is 3. The summed E-state index contributed by atoms with van der Waals surface area (Å²) >= 11 is 18.2. The van der Waals surface area contributed by atoms with Gasteiger partial charge in [0.25, 0.3) is 0 Å². The second kappa shape index (κ2) is 7.03. The van der Waals surface area contributed by atoms with Gasteiger partial charge in [-0.2, -0.15) is 0 Å². The SMILES string of the molecule is COc1cc(C=O)cc(Cl)c1OCc1cccc(Cl)c1Cl. The Kier molecular flexibility index (Phi) is 5.34. The second-order valence-electron chi connectivity index (χ2n) is 4.15. The Bertz CT molecular complexity index is 671. The molecule has 0 heterocycles. The second-order valence-corrected chi connectivity index (χ2v) is 5.35. The zero-order valence-corrected chi connectivity index (χ0v) is 13.3. The molecule has 0 saturated carbocycles. The highest BCUT2D eigenvalue weighted by atomic mass is 35.5. The predicted molar refractivity (Wildman–Crippen MR) is 84.2 cm³/mol. The Balaban J connectivity index is 2.27. The van der Waals surface area contributed by atoms with Gasteiger partial charge in [0.1, 0.15) is 12.9 Å². The number of rotatable bonds is 5. The average Bonchev–Trinajstić information content (AvgIpc) is 2.49. The van der Waals surface area contributed by atoms with Gasteiger partial charge in [0.05, 0.1) is 22.2 Å². The molecule has 0 aliphatic carbocycles. The first kappa shape index (κ1) is 16.0. The first-order valence-corrected chi connectivity index (χ1v) is 7.08. The topological polar surface area (TPSA) is 35.5 Å². The van der Waals surface area contributed by atoms with E-state index in [0.717, 1.165) is 5.56 Å². The molecule has 0 fully saturated rings. The van der Waals surface area contributed by atoms with Gasteiger partial charge in [-0.05, 0) is 18.2 Å². The van der Waals surface area contributed by atoms with Crippen LogP contribution in [0.1, 0.15) is 15.9 Å². The lowest BCUT2D eigenvalue weighted by Crippen LogP contribution is -2.00. The maximum absolute atomic E-state index is 10.8. The highest BCUT2D eigenvalue weighted by Gasteiger charge is 2.13. The predicted octanol–water partition coefficient (Wildman–Crippen LogP) is 5.05. The number of aldehydes is 1. The summed E-state index contributed by atoms with van der Waals surface area (Å²) in [5.74, 6) is 0.726. The molecule has 0 aliphatic heterocycles. The monoisotopic (exact) mass is 344 g/mol. The third-order valence-corrected chi connectivity index (χ3v) is 3.93. The molecule has 0 aromatic heterocycles. The molecule has 0 N–H and O–H groups in total. The van der Waals surface area contributed by atoms with Crippen molar-refractivity contribution in [1.82, 2.24) is 0 Å². The third-order valence-electron chi connectivity index (χ3n) is 2.79. The Morgan fingerprint density at radius 1 is 1.14 bits per heavy atom. The summed E-state index contributed by atoms with van der Waals surface area (Å²) in [4.78, 5) is 10.8. The molecule has 0 bridgehead atoms. The highest BCUT2D eigenvalue weighted by molar-refractivity contribution is 6.42. The molecule has 0 saturated heterocycles. The molecule has 0 radical (unpaired) electrons. The van der Waals surface area contributed by atoms with Crippen molar-refractivity contribution in [2.75, 3.05) is 7.11 Å². The van der Waals surface area contributed by atoms with Crippen molar-refractivity contribution in [2.45, 2.75) is 6.61 Å². The number of carbonyl (C=O) groups is 1. The normalized spacial score (nSPS) is 10.3. The van der Waals surface area contributed by atoms with E-state index in [9.17, 15) is 4.79 Å². The smallest absolute Gasteiger partial charge is 0.180 e. The maximum Gasteiger partial charge on any atom is 0.180 e. The van der Waals surface area contributed by atoms with Crippen molar-refractivity contribution in [3.05, 3.63) is 56.5 Å². The van der Waals surface area contributed by atoms with Gasteiger partial charge in [0.2, 0.25) is 0 Å². The van der Waals surface area contributed by atoms with Crippen LogP contribution in [0.3, 0.4) is 0 Å². The van der Waals surface area contributed by atoms with Gasteiger partial charge in [0, 0.05) is 11.1 Å². The molecule has 2 rings (SSSR count). The molecule has 0 aliphatic rings. The lowest BCUT2D eigenvalue weighted by Gasteiger charge is -2.14. The van der Waals surface area contributed by atoms with E-state index in [1.54, 1.807) is 24.3 Å². The number of benzene rings is 2. The van der Waals surface area contributed by atoms with Crippen LogP contribution >= 0.6 is 34.8 Å². The molecule has 0 spiro atoms. The van der Waals surface area contributed by atoms with Crippen molar-refractivity contribution in [2.24, 2.45) is 0 Å². The summed E-state index contributed by atoms with van der Waals surface area (Å²) < 4.78 is 10.8. The summed E-state index contributed by atoms with van der Waals surface area (Å²) in [6.45, 7) is 0.176. The molecule has 2 aromatic rings. The van der Waals surface area contributed by atoms with E-state index in [1.165, 1.54) is 13.2 Å². The molecule has 2 aromatic carbocycles. The fraction of sp³-hybridized carbons (Fsp3) is 0.133. The summed E-state index contributed by atoms with van der Waals surface area (Å²) in [5.41, 5.74) is 1.13. The van der Waals surface area contributed by atoms with Crippen LogP contribution in [0.4, 0.5) is 0 Å². The fourth-order valence-corrected chi connectivity index (χ4v) is 2.41. The van der Waals surface area contributed by atoms with Gasteiger partial charge in [0.15, 0.2) is 11.5 Å². The van der Waals surface area contributed by atoms with Crippen molar-refractivity contribution in [1.29, 1.82) is 0 Å². The van der Waals surface area contributed by atoms with E-state index in [0.29, 0.717) is 33.4 Å². The summed E-state index contributed by atoms with van der Waals surface area (Å²) in [6, 6.07) is 8.33. The third kappa shape index (κ3) is 3.62. The van der Waals surface area contributed by atoms with Crippen LogP contribution in [-0.2, 0) is 6.61 Å². The van der Waals surface area contributed by atoms with E-state index in [1.807, 2.05) is 0 Å². The molecule has 0 atom stereocenters. The van der Waals surface area contributed by atoms with Crippen LogP contribution in [0.5, 0.6) is 11.5 Å². The summed E-state index contributed by atoms with van der Waals surface area (Å²) in [7, 11) is 1.47. The lowest BCUT2D eigenvalue weighted by atomic mass is 10.2. The van der Waals surface area contributed by atoms with Gasteiger partial charge >= 0.3 is 0 Å². The molecule has 110 valence electrons. The van der Waals surface area contributed by atoms with E-state index >= 15 is 0 Å². The Labute approximate surface area is 137 Å². The summed E-state index contributed by atoms with van der Waals surface area (Å²) in [5, 5.41) is 1.17. The van der Waals surface area contributed by atoms with E-state index in [4.69, 9.17) is 44.3 Å². The van der Waals surface area contributed by atoms with Crippen LogP contribution in [0.2, 0.25) is 15.1 Å². The van der Waals surface area contributed by atoms with Crippen LogP contribution in [0, 0.1) is 0 Å². The van der Waals surface area contributed by atoms with Gasteiger partial charge in [-0.25, -0.2) is 0 Å². The Morgan fingerprint density at radius 3 is 2.57 bits per heavy atom. The molecular formula is C15H11Cl3O3. The molecule has 21 heavy (non-hydrogen) atoms. The zero-order chi connectivity index (χ0) is 15.4. The lowest BCUT2D eigenvalue weighted by molar-refractivity contribution is 0.112. The minimum atomic E-state index is 0.176. The van der Waals surface area contributed by atoms with Crippen molar-refractivity contribution in [3.63, 3.8) is 0 Å². The van der Waals surface area contributed by atoms with Gasteiger partial charge in [-0.15, -0.1) is 0 Å². The molecule has 3 nitrogen and oxygen atoms in total. The number of hydrogen-bond donors (Lipinski definition) is 0. The number of hydrogen-bond acceptors (Lipinski definition) is 3. The Morgan fingerprint density at radius 2 is 1.90 bits per heavy atom. The van der Waals surface area contributed by atoms with Crippen molar-refractivity contribution >= 4 is 41.1 Å². The number of ether oxygens (including phenoxy) is 2.